The second-order valence-corrected chi connectivity index (χ2v) is 5.17. The lowest BCUT2D eigenvalue weighted by atomic mass is 10.4. The van der Waals surface area contributed by atoms with Gasteiger partial charge in [0.25, 0.3) is 0 Å². The fourth-order valence-corrected chi connectivity index (χ4v) is 2.39. The summed E-state index contributed by atoms with van der Waals surface area (Å²) in [5, 5.41) is 0. The molecule has 1 unspecified atom stereocenters. The smallest absolute Gasteiger partial charge is 0.218 e. The minimum absolute atomic E-state index is 0.568. The number of nitrogens with zero attached hydrogens (tertiary/aromatic N) is 3. The first-order valence-electron chi connectivity index (χ1n) is 5.56. The standard InChI is InChI=1S/C11H16BrN3O/c1-3-16-11-6-10(13-8(2)14-11)15-5-4-9(12)7-15/h6,9H,3-5,7H2,1-2H3. The van der Waals surface area contributed by atoms with E-state index in [1.54, 1.807) is 0 Å². The number of halogens is 1. The van der Waals surface area contributed by atoms with E-state index in [0.717, 1.165) is 31.2 Å². The highest BCUT2D eigenvalue weighted by Gasteiger charge is 2.21. The topological polar surface area (TPSA) is 38.2 Å². The summed E-state index contributed by atoms with van der Waals surface area (Å²) in [6.45, 7) is 6.53. The van der Waals surface area contributed by atoms with Crippen molar-refractivity contribution >= 4 is 21.7 Å². The molecule has 0 aliphatic carbocycles. The molecule has 88 valence electrons. The van der Waals surface area contributed by atoms with Crippen molar-refractivity contribution < 1.29 is 4.74 Å². The molecule has 0 spiro atoms. The average molecular weight is 286 g/mol. The Morgan fingerprint density at radius 3 is 3.00 bits per heavy atom. The van der Waals surface area contributed by atoms with Crippen LogP contribution in [-0.4, -0.2) is 34.5 Å². The molecule has 4 nitrogen and oxygen atoms in total. The summed E-state index contributed by atoms with van der Waals surface area (Å²) in [5.41, 5.74) is 0. The van der Waals surface area contributed by atoms with Crippen LogP contribution in [0.2, 0.25) is 0 Å². The molecule has 16 heavy (non-hydrogen) atoms. The third-order valence-electron chi connectivity index (χ3n) is 2.55. The summed E-state index contributed by atoms with van der Waals surface area (Å²) in [7, 11) is 0. The molecular formula is C11H16BrN3O. The van der Waals surface area contributed by atoms with Crippen LogP contribution in [0.15, 0.2) is 6.07 Å². The highest BCUT2D eigenvalue weighted by molar-refractivity contribution is 9.09. The molecule has 0 saturated carbocycles. The van der Waals surface area contributed by atoms with E-state index in [2.05, 4.69) is 30.8 Å². The Morgan fingerprint density at radius 2 is 2.38 bits per heavy atom. The zero-order valence-electron chi connectivity index (χ0n) is 9.61. The van der Waals surface area contributed by atoms with Crippen LogP contribution in [0.5, 0.6) is 5.88 Å². The maximum Gasteiger partial charge on any atom is 0.218 e. The summed E-state index contributed by atoms with van der Waals surface area (Å²) < 4.78 is 5.42. The molecule has 1 atom stereocenters. The fraction of sp³-hybridized carbons (Fsp3) is 0.636. The highest BCUT2D eigenvalue weighted by Crippen LogP contribution is 2.24. The van der Waals surface area contributed by atoms with Crippen molar-refractivity contribution in [3.05, 3.63) is 11.9 Å². The molecule has 0 radical (unpaired) electrons. The Balaban J connectivity index is 2.20. The van der Waals surface area contributed by atoms with E-state index in [1.807, 2.05) is 19.9 Å². The van der Waals surface area contributed by atoms with Crippen LogP contribution in [0.1, 0.15) is 19.2 Å². The van der Waals surface area contributed by atoms with Crippen LogP contribution in [0.3, 0.4) is 0 Å². The molecule has 0 N–H and O–H groups in total. The third-order valence-corrected chi connectivity index (χ3v) is 3.30. The molecule has 1 aliphatic heterocycles. The van der Waals surface area contributed by atoms with Gasteiger partial charge in [-0.2, -0.15) is 4.98 Å². The van der Waals surface area contributed by atoms with Gasteiger partial charge in [0.15, 0.2) is 0 Å². The Morgan fingerprint density at radius 1 is 1.56 bits per heavy atom. The predicted molar refractivity (Wildman–Crippen MR) is 67.5 cm³/mol. The van der Waals surface area contributed by atoms with E-state index in [-0.39, 0.29) is 0 Å². The fourth-order valence-electron chi connectivity index (χ4n) is 1.83. The molecule has 2 heterocycles. The van der Waals surface area contributed by atoms with Crippen molar-refractivity contribution in [3.63, 3.8) is 0 Å². The molecule has 0 aromatic carbocycles. The van der Waals surface area contributed by atoms with E-state index >= 15 is 0 Å². The molecule has 5 heteroatoms. The van der Waals surface area contributed by atoms with Crippen molar-refractivity contribution in [2.24, 2.45) is 0 Å². The Labute approximate surface area is 104 Å². The lowest BCUT2D eigenvalue weighted by molar-refractivity contribution is 0.325. The summed E-state index contributed by atoms with van der Waals surface area (Å²) in [6, 6.07) is 1.92. The number of aryl methyl sites for hydroxylation is 1. The van der Waals surface area contributed by atoms with E-state index in [4.69, 9.17) is 4.74 Å². The summed E-state index contributed by atoms with van der Waals surface area (Å²) in [5.74, 6) is 2.40. The molecule has 1 saturated heterocycles. The number of hydrogen-bond donors (Lipinski definition) is 0. The van der Waals surface area contributed by atoms with Crippen LogP contribution < -0.4 is 9.64 Å². The first kappa shape index (κ1) is 11.6. The van der Waals surface area contributed by atoms with Crippen LogP contribution >= 0.6 is 15.9 Å². The minimum atomic E-state index is 0.568. The molecule has 1 aromatic heterocycles. The summed E-state index contributed by atoms with van der Waals surface area (Å²) in [4.78, 5) is 11.5. The molecule has 2 rings (SSSR count). The second kappa shape index (κ2) is 4.99. The van der Waals surface area contributed by atoms with E-state index in [0.29, 0.717) is 17.3 Å². The quantitative estimate of drug-likeness (QED) is 0.798. The van der Waals surface area contributed by atoms with Gasteiger partial charge in [0.2, 0.25) is 5.88 Å². The maximum absolute atomic E-state index is 5.42. The number of alkyl halides is 1. The van der Waals surface area contributed by atoms with Gasteiger partial charge in [-0.1, -0.05) is 15.9 Å². The van der Waals surface area contributed by atoms with Gasteiger partial charge in [0.05, 0.1) is 6.61 Å². The third kappa shape index (κ3) is 2.64. The Hall–Kier alpha value is -0.840. The van der Waals surface area contributed by atoms with Crippen molar-refractivity contribution in [1.29, 1.82) is 0 Å². The van der Waals surface area contributed by atoms with Gasteiger partial charge in [0.1, 0.15) is 11.6 Å². The zero-order valence-corrected chi connectivity index (χ0v) is 11.2. The number of ether oxygens (including phenoxy) is 1. The SMILES string of the molecule is CCOc1cc(N2CCC(Br)C2)nc(C)n1. The Kier molecular flexibility index (Phi) is 3.63. The van der Waals surface area contributed by atoms with Gasteiger partial charge in [-0.05, 0) is 20.3 Å². The number of rotatable bonds is 3. The molecule has 0 amide bonds. The first-order valence-corrected chi connectivity index (χ1v) is 6.48. The van der Waals surface area contributed by atoms with Crippen molar-refractivity contribution in [1.82, 2.24) is 9.97 Å². The van der Waals surface area contributed by atoms with Crippen LogP contribution in [0, 0.1) is 6.92 Å². The lowest BCUT2D eigenvalue weighted by Gasteiger charge is -2.17. The second-order valence-electron chi connectivity index (χ2n) is 3.88. The van der Waals surface area contributed by atoms with Gasteiger partial charge in [0, 0.05) is 24.0 Å². The van der Waals surface area contributed by atoms with Crippen LogP contribution in [0.25, 0.3) is 0 Å². The van der Waals surface area contributed by atoms with Gasteiger partial charge < -0.3 is 9.64 Å². The van der Waals surface area contributed by atoms with Gasteiger partial charge in [-0.15, -0.1) is 0 Å². The average Bonchev–Trinajstić information content (AvgIpc) is 2.64. The van der Waals surface area contributed by atoms with Crippen molar-refractivity contribution in [3.8, 4) is 5.88 Å². The van der Waals surface area contributed by atoms with E-state index < -0.39 is 0 Å². The molecule has 1 fully saturated rings. The maximum atomic E-state index is 5.42. The highest BCUT2D eigenvalue weighted by atomic mass is 79.9. The van der Waals surface area contributed by atoms with Crippen LogP contribution in [0.4, 0.5) is 5.82 Å². The van der Waals surface area contributed by atoms with Crippen molar-refractivity contribution in [2.75, 3.05) is 24.6 Å². The van der Waals surface area contributed by atoms with Gasteiger partial charge >= 0.3 is 0 Å². The predicted octanol–water partition coefficient (Wildman–Crippen LogP) is 2.16. The Bertz CT molecular complexity index is 372. The number of aromatic nitrogens is 2. The number of anilines is 1. The van der Waals surface area contributed by atoms with Gasteiger partial charge in [-0.3, -0.25) is 0 Å². The summed E-state index contributed by atoms with van der Waals surface area (Å²) >= 11 is 3.63. The number of hydrogen-bond acceptors (Lipinski definition) is 4. The lowest BCUT2D eigenvalue weighted by Crippen LogP contribution is -2.21. The van der Waals surface area contributed by atoms with Crippen molar-refractivity contribution in [2.45, 2.75) is 25.1 Å². The van der Waals surface area contributed by atoms with Crippen LogP contribution in [-0.2, 0) is 0 Å². The molecule has 0 bridgehead atoms. The first-order chi connectivity index (χ1) is 7.69. The van der Waals surface area contributed by atoms with E-state index in [1.165, 1.54) is 0 Å². The monoisotopic (exact) mass is 285 g/mol. The largest absolute Gasteiger partial charge is 0.478 e. The van der Waals surface area contributed by atoms with Gasteiger partial charge in [-0.25, -0.2) is 4.98 Å². The van der Waals surface area contributed by atoms with E-state index in [9.17, 15) is 0 Å². The molecular weight excluding hydrogens is 270 g/mol. The normalized spacial score (nSPS) is 20.2. The molecule has 1 aromatic rings. The summed E-state index contributed by atoms with van der Waals surface area (Å²) in [6.07, 6.45) is 1.16. The zero-order chi connectivity index (χ0) is 11.5. The minimum Gasteiger partial charge on any atom is -0.478 e. The molecule has 1 aliphatic rings.